The molecule has 1 N–H and O–H groups in total. The molecule has 0 saturated carbocycles. The molecule has 1 aliphatic heterocycles. The number of nitrogens with zero attached hydrogens (tertiary/aromatic N) is 1. The Kier molecular flexibility index (Phi) is 6.98. The van der Waals surface area contributed by atoms with E-state index in [9.17, 15) is 0 Å². The molecule has 0 aromatic rings. The van der Waals surface area contributed by atoms with E-state index in [1.165, 1.54) is 32.5 Å². The minimum atomic E-state index is 0.884. The van der Waals surface area contributed by atoms with E-state index >= 15 is 0 Å². The molecule has 0 aromatic carbocycles. The van der Waals surface area contributed by atoms with Crippen molar-refractivity contribution in [3.63, 3.8) is 0 Å². The Morgan fingerprint density at radius 3 is 2.67 bits per heavy atom. The monoisotopic (exact) mass is 214 g/mol. The maximum Gasteiger partial charge on any atom is 0.0593 e. The Morgan fingerprint density at radius 1 is 1.27 bits per heavy atom. The summed E-state index contributed by atoms with van der Waals surface area (Å²) in [6.45, 7) is 8.64. The van der Waals surface area contributed by atoms with Gasteiger partial charge in [-0.1, -0.05) is 6.92 Å². The van der Waals surface area contributed by atoms with Gasteiger partial charge in [-0.2, -0.15) is 0 Å². The number of ether oxygens (including phenoxy) is 1. The third kappa shape index (κ3) is 6.13. The number of nitrogens with one attached hydrogen (secondary N) is 1. The molecular formula is C12H26N2O. The van der Waals surface area contributed by atoms with Crippen LogP contribution in [0, 0.1) is 5.92 Å². The molecule has 0 radical (unpaired) electrons. The molecule has 1 fully saturated rings. The van der Waals surface area contributed by atoms with Crippen LogP contribution < -0.4 is 5.32 Å². The fourth-order valence-electron chi connectivity index (χ4n) is 2.06. The highest BCUT2D eigenvalue weighted by molar-refractivity contribution is 4.71. The lowest BCUT2D eigenvalue weighted by atomic mass is 9.98. The van der Waals surface area contributed by atoms with Gasteiger partial charge in [0.05, 0.1) is 6.61 Å². The average Bonchev–Trinajstić information content (AvgIpc) is 2.26. The van der Waals surface area contributed by atoms with Crippen LogP contribution in [0.4, 0.5) is 0 Å². The van der Waals surface area contributed by atoms with E-state index in [-0.39, 0.29) is 0 Å². The number of rotatable bonds is 7. The lowest BCUT2D eigenvalue weighted by molar-refractivity contribution is 0.105. The molecule has 0 aromatic heterocycles. The van der Waals surface area contributed by atoms with Crippen molar-refractivity contribution < 1.29 is 4.74 Å². The zero-order valence-corrected chi connectivity index (χ0v) is 10.3. The molecule has 0 spiro atoms. The number of hydrogen-bond donors (Lipinski definition) is 1. The molecule has 0 bridgehead atoms. The summed E-state index contributed by atoms with van der Waals surface area (Å²) in [5, 5.41) is 3.40. The van der Waals surface area contributed by atoms with Crippen LogP contribution in [0.15, 0.2) is 0 Å². The van der Waals surface area contributed by atoms with Crippen LogP contribution in [-0.2, 0) is 4.74 Å². The molecule has 1 saturated heterocycles. The summed E-state index contributed by atoms with van der Waals surface area (Å²) in [7, 11) is 2.21. The Bertz CT molecular complexity index is 147. The fourth-order valence-corrected chi connectivity index (χ4v) is 2.06. The van der Waals surface area contributed by atoms with Crippen LogP contribution >= 0.6 is 0 Å². The van der Waals surface area contributed by atoms with E-state index in [2.05, 4.69) is 24.2 Å². The largest absolute Gasteiger partial charge is 0.380 e. The normalized spacial score (nSPS) is 18.6. The molecule has 3 nitrogen and oxygen atoms in total. The van der Waals surface area contributed by atoms with Crippen LogP contribution in [0.1, 0.15) is 26.2 Å². The van der Waals surface area contributed by atoms with Gasteiger partial charge in [-0.25, -0.2) is 0 Å². The van der Waals surface area contributed by atoms with Crippen molar-refractivity contribution in [3.8, 4) is 0 Å². The first-order valence-corrected chi connectivity index (χ1v) is 6.30. The predicted octanol–water partition coefficient (Wildman–Crippen LogP) is 1.34. The van der Waals surface area contributed by atoms with E-state index in [0.717, 1.165) is 32.1 Å². The van der Waals surface area contributed by atoms with Crippen molar-refractivity contribution in [1.29, 1.82) is 0 Å². The maximum absolute atomic E-state index is 5.49. The van der Waals surface area contributed by atoms with Crippen LogP contribution in [0.2, 0.25) is 0 Å². The predicted molar refractivity (Wildman–Crippen MR) is 64.2 cm³/mol. The van der Waals surface area contributed by atoms with Gasteiger partial charge in [0.15, 0.2) is 0 Å². The lowest BCUT2D eigenvalue weighted by Crippen LogP contribution is -2.35. The molecule has 0 atom stereocenters. The van der Waals surface area contributed by atoms with Gasteiger partial charge in [0, 0.05) is 19.7 Å². The topological polar surface area (TPSA) is 24.5 Å². The molecule has 0 amide bonds. The minimum Gasteiger partial charge on any atom is -0.380 e. The van der Waals surface area contributed by atoms with Crippen molar-refractivity contribution in [2.45, 2.75) is 26.2 Å². The first kappa shape index (κ1) is 12.9. The summed E-state index contributed by atoms with van der Waals surface area (Å²) in [5.41, 5.74) is 0. The molecule has 15 heavy (non-hydrogen) atoms. The Balaban J connectivity index is 1.98. The van der Waals surface area contributed by atoms with Gasteiger partial charge in [-0.15, -0.1) is 0 Å². The van der Waals surface area contributed by atoms with E-state index in [0.29, 0.717) is 0 Å². The van der Waals surface area contributed by atoms with Gasteiger partial charge in [-0.05, 0) is 45.3 Å². The third-order valence-electron chi connectivity index (χ3n) is 2.99. The van der Waals surface area contributed by atoms with E-state index in [4.69, 9.17) is 4.74 Å². The second-order valence-electron chi connectivity index (χ2n) is 4.57. The van der Waals surface area contributed by atoms with E-state index in [1.807, 2.05) is 0 Å². The summed E-state index contributed by atoms with van der Waals surface area (Å²) in [6, 6.07) is 0. The second kappa shape index (κ2) is 8.08. The van der Waals surface area contributed by atoms with Crippen LogP contribution in [-0.4, -0.2) is 51.3 Å². The minimum absolute atomic E-state index is 0.884. The lowest BCUT2D eigenvalue weighted by Gasteiger charge is -2.27. The Hall–Kier alpha value is -0.120. The van der Waals surface area contributed by atoms with Crippen LogP contribution in [0.25, 0.3) is 0 Å². The molecule has 3 heteroatoms. The van der Waals surface area contributed by atoms with Crippen LogP contribution in [0.5, 0.6) is 0 Å². The average molecular weight is 214 g/mol. The van der Waals surface area contributed by atoms with Gasteiger partial charge in [-0.3, -0.25) is 0 Å². The Labute approximate surface area is 94.2 Å². The van der Waals surface area contributed by atoms with Gasteiger partial charge < -0.3 is 15.0 Å². The van der Waals surface area contributed by atoms with Gasteiger partial charge in [0.2, 0.25) is 0 Å². The summed E-state index contributed by atoms with van der Waals surface area (Å²) in [4.78, 5) is 2.41. The van der Waals surface area contributed by atoms with Gasteiger partial charge in [0.1, 0.15) is 0 Å². The van der Waals surface area contributed by atoms with Crippen molar-refractivity contribution >= 4 is 0 Å². The molecule has 0 unspecified atom stereocenters. The zero-order valence-electron chi connectivity index (χ0n) is 10.3. The summed E-state index contributed by atoms with van der Waals surface area (Å²) in [6.07, 6.45) is 3.79. The second-order valence-corrected chi connectivity index (χ2v) is 4.57. The maximum atomic E-state index is 5.49. The molecule has 1 heterocycles. The van der Waals surface area contributed by atoms with Crippen molar-refractivity contribution in [2.75, 3.05) is 46.4 Å². The molecule has 1 aliphatic rings. The zero-order chi connectivity index (χ0) is 10.9. The fraction of sp³-hybridized carbons (Fsp3) is 1.00. The highest BCUT2D eigenvalue weighted by Crippen LogP contribution is 2.12. The number of hydrogen-bond acceptors (Lipinski definition) is 3. The van der Waals surface area contributed by atoms with Gasteiger partial charge >= 0.3 is 0 Å². The first-order chi connectivity index (χ1) is 7.33. The molecular weight excluding hydrogens is 188 g/mol. The highest BCUT2D eigenvalue weighted by atomic mass is 16.5. The number of likely N-dealkylation sites (N-methyl/N-ethyl adjacent to an activating group) is 1. The van der Waals surface area contributed by atoms with Crippen LogP contribution in [0.3, 0.4) is 0 Å². The molecule has 0 aliphatic carbocycles. The van der Waals surface area contributed by atoms with Crippen molar-refractivity contribution in [1.82, 2.24) is 10.2 Å². The third-order valence-corrected chi connectivity index (χ3v) is 2.99. The molecule has 90 valence electrons. The SMILES string of the molecule is CCCOCCN(C)CC1CCNCC1. The Morgan fingerprint density at radius 2 is 2.00 bits per heavy atom. The smallest absolute Gasteiger partial charge is 0.0593 e. The summed E-state index contributed by atoms with van der Waals surface area (Å²) in [5.74, 6) is 0.891. The highest BCUT2D eigenvalue weighted by Gasteiger charge is 2.14. The first-order valence-electron chi connectivity index (χ1n) is 6.30. The quantitative estimate of drug-likeness (QED) is 0.647. The van der Waals surface area contributed by atoms with Crippen molar-refractivity contribution in [3.05, 3.63) is 0 Å². The van der Waals surface area contributed by atoms with Gasteiger partial charge in [0.25, 0.3) is 0 Å². The summed E-state index contributed by atoms with van der Waals surface area (Å²) < 4.78 is 5.49. The van der Waals surface area contributed by atoms with E-state index < -0.39 is 0 Å². The molecule has 1 rings (SSSR count). The standard InChI is InChI=1S/C12H26N2O/c1-3-9-15-10-8-14(2)11-12-4-6-13-7-5-12/h12-13H,3-11H2,1-2H3. The summed E-state index contributed by atoms with van der Waals surface area (Å²) >= 11 is 0. The number of piperidine rings is 1. The van der Waals surface area contributed by atoms with Crippen molar-refractivity contribution in [2.24, 2.45) is 5.92 Å². The van der Waals surface area contributed by atoms with E-state index in [1.54, 1.807) is 0 Å².